The molecular weight excluding hydrogens is 290 g/mol. The molecule has 0 fully saturated rings. The Bertz CT molecular complexity index is 859. The van der Waals surface area contributed by atoms with Crippen LogP contribution in [0.15, 0.2) is 54.7 Å². The maximum Gasteiger partial charge on any atom is 0.335 e. The van der Waals surface area contributed by atoms with Crippen LogP contribution in [0.2, 0.25) is 0 Å². The molecule has 0 aliphatic heterocycles. The summed E-state index contributed by atoms with van der Waals surface area (Å²) in [7, 11) is 0. The predicted molar refractivity (Wildman–Crippen MR) is 75.9 cm³/mol. The van der Waals surface area contributed by atoms with Gasteiger partial charge in [0.25, 0.3) is 0 Å². The fourth-order valence-corrected chi connectivity index (χ4v) is 2.06. The summed E-state index contributed by atoms with van der Waals surface area (Å²) in [4.78, 5) is 11.0. The van der Waals surface area contributed by atoms with E-state index in [9.17, 15) is 13.6 Å². The number of halogens is 2. The van der Waals surface area contributed by atoms with Gasteiger partial charge in [-0.05, 0) is 30.3 Å². The van der Waals surface area contributed by atoms with Crippen LogP contribution < -0.4 is 0 Å². The minimum Gasteiger partial charge on any atom is -0.478 e. The topological polar surface area (TPSA) is 55.1 Å². The molecule has 0 radical (unpaired) electrons. The normalized spacial score (nSPS) is 10.6. The smallest absolute Gasteiger partial charge is 0.335 e. The molecule has 0 amide bonds. The Morgan fingerprint density at radius 1 is 1.05 bits per heavy atom. The van der Waals surface area contributed by atoms with Crippen molar-refractivity contribution in [1.29, 1.82) is 0 Å². The summed E-state index contributed by atoms with van der Waals surface area (Å²) >= 11 is 0. The first-order chi connectivity index (χ1) is 10.5. The highest BCUT2D eigenvalue weighted by molar-refractivity contribution is 5.89. The third kappa shape index (κ3) is 2.58. The minimum atomic E-state index is -1.03. The van der Waals surface area contributed by atoms with E-state index in [-0.39, 0.29) is 5.56 Å². The summed E-state index contributed by atoms with van der Waals surface area (Å²) in [6.07, 6.45) is 1.59. The van der Waals surface area contributed by atoms with Gasteiger partial charge in [-0.2, -0.15) is 5.10 Å². The second kappa shape index (κ2) is 5.40. The van der Waals surface area contributed by atoms with Crippen LogP contribution in [0, 0.1) is 11.6 Å². The first-order valence-electron chi connectivity index (χ1n) is 6.39. The number of hydrogen-bond donors (Lipinski definition) is 1. The highest BCUT2D eigenvalue weighted by Gasteiger charge is 2.09. The van der Waals surface area contributed by atoms with Gasteiger partial charge in [-0.1, -0.05) is 12.1 Å². The van der Waals surface area contributed by atoms with Crippen molar-refractivity contribution in [2.75, 3.05) is 0 Å². The Balaban J connectivity index is 1.98. The highest BCUT2D eigenvalue weighted by atomic mass is 19.2. The third-order valence-electron chi connectivity index (χ3n) is 3.16. The number of carbonyl (C=O) groups is 1. The summed E-state index contributed by atoms with van der Waals surface area (Å²) in [6.45, 7) is 0. The first-order valence-corrected chi connectivity index (χ1v) is 6.39. The lowest BCUT2D eigenvalue weighted by Crippen LogP contribution is -1.98. The van der Waals surface area contributed by atoms with Crippen LogP contribution in [0.25, 0.3) is 16.9 Å². The van der Waals surface area contributed by atoms with Gasteiger partial charge in [-0.3, -0.25) is 0 Å². The van der Waals surface area contributed by atoms with Gasteiger partial charge >= 0.3 is 5.97 Å². The van der Waals surface area contributed by atoms with Crippen LogP contribution in [0.5, 0.6) is 0 Å². The maximum absolute atomic E-state index is 13.3. The van der Waals surface area contributed by atoms with E-state index in [1.165, 1.54) is 22.9 Å². The van der Waals surface area contributed by atoms with E-state index in [1.54, 1.807) is 24.4 Å². The quantitative estimate of drug-likeness (QED) is 0.805. The lowest BCUT2D eigenvalue weighted by Gasteiger charge is -2.02. The Kier molecular flexibility index (Phi) is 3.42. The van der Waals surface area contributed by atoms with Gasteiger partial charge < -0.3 is 5.11 Å². The zero-order valence-corrected chi connectivity index (χ0v) is 11.2. The molecule has 0 saturated heterocycles. The van der Waals surface area contributed by atoms with E-state index < -0.39 is 17.6 Å². The minimum absolute atomic E-state index is 0.153. The van der Waals surface area contributed by atoms with Crippen LogP contribution in [0.1, 0.15) is 10.4 Å². The molecule has 0 atom stereocenters. The van der Waals surface area contributed by atoms with Crippen molar-refractivity contribution in [3.8, 4) is 16.9 Å². The second-order valence-corrected chi connectivity index (χ2v) is 4.63. The summed E-state index contributed by atoms with van der Waals surface area (Å²) in [5.74, 6) is -2.91. The maximum atomic E-state index is 13.3. The first kappa shape index (κ1) is 13.9. The molecule has 0 bridgehead atoms. The van der Waals surface area contributed by atoms with Crippen molar-refractivity contribution in [2.24, 2.45) is 0 Å². The number of hydrogen-bond acceptors (Lipinski definition) is 2. The number of nitrogens with zero attached hydrogens (tertiary/aromatic N) is 2. The molecule has 22 heavy (non-hydrogen) atoms. The SMILES string of the molecule is O=C(O)c1cccc(-c2ccn(-c3ccc(F)c(F)c3)n2)c1. The van der Waals surface area contributed by atoms with Crippen molar-refractivity contribution in [1.82, 2.24) is 9.78 Å². The summed E-state index contributed by atoms with van der Waals surface area (Å²) in [5.41, 5.74) is 1.69. The Hall–Kier alpha value is -3.02. The number of carboxylic acids is 1. The molecular formula is C16H10F2N2O2. The second-order valence-electron chi connectivity index (χ2n) is 4.63. The van der Waals surface area contributed by atoms with Crippen molar-refractivity contribution in [3.63, 3.8) is 0 Å². The molecule has 2 aromatic carbocycles. The van der Waals surface area contributed by atoms with Crippen LogP contribution >= 0.6 is 0 Å². The molecule has 0 aliphatic rings. The zero-order chi connectivity index (χ0) is 15.7. The molecule has 1 aromatic heterocycles. The van der Waals surface area contributed by atoms with Gasteiger partial charge in [0.05, 0.1) is 16.9 Å². The predicted octanol–water partition coefficient (Wildman–Crippen LogP) is 3.52. The average molecular weight is 300 g/mol. The molecule has 1 heterocycles. The van der Waals surface area contributed by atoms with Gasteiger partial charge in [0.1, 0.15) is 0 Å². The Labute approximate surface area is 124 Å². The van der Waals surface area contributed by atoms with E-state index in [0.717, 1.165) is 12.1 Å². The standard InChI is InChI=1S/C16H10F2N2O2/c17-13-5-4-12(9-14(13)18)20-7-6-15(19-20)10-2-1-3-11(8-10)16(21)22/h1-9H,(H,21,22). The van der Waals surface area contributed by atoms with Crippen LogP contribution in [-0.4, -0.2) is 20.9 Å². The highest BCUT2D eigenvalue weighted by Crippen LogP contribution is 2.20. The molecule has 0 spiro atoms. The number of rotatable bonds is 3. The number of carboxylic acid groups (broad SMARTS) is 1. The van der Waals surface area contributed by atoms with E-state index in [1.807, 2.05) is 0 Å². The Morgan fingerprint density at radius 2 is 1.86 bits per heavy atom. The van der Waals surface area contributed by atoms with Gasteiger partial charge in [0, 0.05) is 17.8 Å². The average Bonchev–Trinajstić information content (AvgIpc) is 3.00. The van der Waals surface area contributed by atoms with Crippen molar-refractivity contribution >= 4 is 5.97 Å². The van der Waals surface area contributed by atoms with Crippen LogP contribution in [-0.2, 0) is 0 Å². The molecule has 0 saturated carbocycles. The van der Waals surface area contributed by atoms with E-state index in [0.29, 0.717) is 16.9 Å². The number of aromatic nitrogens is 2. The summed E-state index contributed by atoms with van der Waals surface area (Å²) in [5, 5.41) is 13.2. The molecule has 0 aliphatic carbocycles. The molecule has 6 heteroatoms. The lowest BCUT2D eigenvalue weighted by molar-refractivity contribution is 0.0697. The molecule has 1 N–H and O–H groups in total. The zero-order valence-electron chi connectivity index (χ0n) is 11.2. The van der Waals surface area contributed by atoms with Gasteiger partial charge in [0.2, 0.25) is 0 Å². The van der Waals surface area contributed by atoms with E-state index in [2.05, 4.69) is 5.10 Å². The monoisotopic (exact) mass is 300 g/mol. The number of benzene rings is 2. The largest absolute Gasteiger partial charge is 0.478 e. The van der Waals surface area contributed by atoms with Gasteiger partial charge in [-0.25, -0.2) is 18.3 Å². The molecule has 110 valence electrons. The van der Waals surface area contributed by atoms with Gasteiger partial charge in [0.15, 0.2) is 11.6 Å². The van der Waals surface area contributed by atoms with E-state index >= 15 is 0 Å². The number of aromatic carboxylic acids is 1. The van der Waals surface area contributed by atoms with Crippen LogP contribution in [0.3, 0.4) is 0 Å². The molecule has 0 unspecified atom stereocenters. The molecule has 4 nitrogen and oxygen atoms in total. The molecule has 3 aromatic rings. The van der Waals surface area contributed by atoms with Crippen molar-refractivity contribution < 1.29 is 18.7 Å². The fourth-order valence-electron chi connectivity index (χ4n) is 2.06. The lowest BCUT2D eigenvalue weighted by atomic mass is 10.1. The summed E-state index contributed by atoms with van der Waals surface area (Å²) < 4.78 is 27.6. The molecule has 3 rings (SSSR count). The fraction of sp³-hybridized carbons (Fsp3) is 0. The van der Waals surface area contributed by atoms with Gasteiger partial charge in [-0.15, -0.1) is 0 Å². The van der Waals surface area contributed by atoms with Crippen LogP contribution in [0.4, 0.5) is 8.78 Å². The van der Waals surface area contributed by atoms with E-state index in [4.69, 9.17) is 5.11 Å². The summed E-state index contributed by atoms with van der Waals surface area (Å²) in [6, 6.07) is 11.5. The van der Waals surface area contributed by atoms with Crippen molar-refractivity contribution in [2.45, 2.75) is 0 Å². The third-order valence-corrected chi connectivity index (χ3v) is 3.16. The Morgan fingerprint density at radius 3 is 2.59 bits per heavy atom. The van der Waals surface area contributed by atoms with Crippen molar-refractivity contribution in [3.05, 3.63) is 71.9 Å².